The van der Waals surface area contributed by atoms with E-state index < -0.39 is 0 Å². The average Bonchev–Trinajstić information content (AvgIpc) is 3.41. The minimum atomic E-state index is -0.283. The van der Waals surface area contributed by atoms with Crippen molar-refractivity contribution in [1.82, 2.24) is 14.8 Å². The number of nitrogens with zero attached hydrogens (tertiary/aromatic N) is 4. The molecule has 0 aliphatic carbocycles. The summed E-state index contributed by atoms with van der Waals surface area (Å²) < 4.78 is 6.68. The fourth-order valence-corrected chi connectivity index (χ4v) is 5.01. The molecule has 3 heterocycles. The van der Waals surface area contributed by atoms with Gasteiger partial charge in [-0.25, -0.2) is 4.98 Å². The molecule has 4 rings (SSSR count). The molecule has 2 fully saturated rings. The molecule has 156 valence electrons. The highest BCUT2D eigenvalue weighted by atomic mass is 32.1. The number of piperazine rings is 1. The van der Waals surface area contributed by atoms with Crippen LogP contribution in [0.2, 0.25) is 0 Å². The van der Waals surface area contributed by atoms with Crippen molar-refractivity contribution in [1.29, 1.82) is 0 Å². The van der Waals surface area contributed by atoms with Gasteiger partial charge in [-0.15, -0.1) is 0 Å². The smallest absolute Gasteiger partial charge is 0.251 e. The van der Waals surface area contributed by atoms with Gasteiger partial charge < -0.3 is 19.4 Å². The molecule has 2 aliphatic rings. The lowest BCUT2D eigenvalue weighted by Gasteiger charge is -2.36. The number of likely N-dealkylation sites (N-methyl/N-ethyl adjacent to an activating group) is 1. The number of carbonyl (C=O) groups is 2. The van der Waals surface area contributed by atoms with Gasteiger partial charge in [0.25, 0.3) is 5.91 Å². The van der Waals surface area contributed by atoms with E-state index in [0.717, 1.165) is 29.1 Å². The van der Waals surface area contributed by atoms with Crippen molar-refractivity contribution in [2.45, 2.75) is 32.8 Å². The summed E-state index contributed by atoms with van der Waals surface area (Å²) >= 11 is 1.63. The molecule has 1 aromatic heterocycles. The molecule has 1 unspecified atom stereocenters. The third-order valence-corrected chi connectivity index (χ3v) is 7.08. The number of hydrogen-bond acceptors (Lipinski definition) is 6. The van der Waals surface area contributed by atoms with Crippen molar-refractivity contribution in [3.05, 3.63) is 23.3 Å². The Balaban J connectivity index is 1.34. The van der Waals surface area contributed by atoms with Gasteiger partial charge in [-0.05, 0) is 37.8 Å². The molecule has 0 saturated carbocycles. The van der Waals surface area contributed by atoms with Crippen LogP contribution in [0, 0.1) is 13.8 Å². The number of benzene rings is 1. The number of aromatic nitrogens is 1. The Morgan fingerprint density at radius 2 is 1.86 bits per heavy atom. The number of hydrogen-bond donors (Lipinski definition) is 0. The fraction of sp³-hybridized carbons (Fsp3) is 0.571. The summed E-state index contributed by atoms with van der Waals surface area (Å²) in [4.78, 5) is 35.6. The first-order valence-corrected chi connectivity index (χ1v) is 11.0. The van der Waals surface area contributed by atoms with Crippen LogP contribution in [0.4, 0.5) is 5.13 Å². The minimum absolute atomic E-state index is 0.0735. The quantitative estimate of drug-likeness (QED) is 0.765. The van der Waals surface area contributed by atoms with Crippen molar-refractivity contribution in [2.24, 2.45) is 0 Å². The molecule has 1 aromatic carbocycles. The van der Waals surface area contributed by atoms with E-state index in [2.05, 4.69) is 26.0 Å². The van der Waals surface area contributed by atoms with Crippen molar-refractivity contribution >= 4 is 38.5 Å². The Morgan fingerprint density at radius 1 is 1.17 bits per heavy atom. The van der Waals surface area contributed by atoms with Gasteiger partial charge in [-0.2, -0.15) is 0 Å². The van der Waals surface area contributed by atoms with E-state index in [1.165, 1.54) is 10.3 Å². The van der Waals surface area contributed by atoms with Gasteiger partial charge in [0.2, 0.25) is 5.91 Å². The molecule has 2 saturated heterocycles. The molecule has 2 amide bonds. The predicted octanol–water partition coefficient (Wildman–Crippen LogP) is 2.20. The minimum Gasteiger partial charge on any atom is -0.368 e. The fourth-order valence-electron chi connectivity index (χ4n) is 3.93. The summed E-state index contributed by atoms with van der Waals surface area (Å²) in [5, 5.41) is 0.859. The van der Waals surface area contributed by atoms with Crippen LogP contribution in [-0.4, -0.2) is 79.1 Å². The number of aryl methyl sites for hydroxylation is 2. The number of anilines is 1. The lowest BCUT2D eigenvalue weighted by Crippen LogP contribution is -2.54. The molecule has 2 aliphatic heterocycles. The van der Waals surface area contributed by atoms with E-state index in [4.69, 9.17) is 9.72 Å². The van der Waals surface area contributed by atoms with Gasteiger partial charge in [0, 0.05) is 39.8 Å². The van der Waals surface area contributed by atoms with Crippen molar-refractivity contribution in [3.63, 3.8) is 0 Å². The number of carbonyl (C=O) groups excluding carboxylic acids is 2. The van der Waals surface area contributed by atoms with Crippen molar-refractivity contribution in [2.75, 3.05) is 51.3 Å². The maximum Gasteiger partial charge on any atom is 0.251 e. The van der Waals surface area contributed by atoms with Gasteiger partial charge in [0.05, 0.1) is 16.8 Å². The van der Waals surface area contributed by atoms with Crippen LogP contribution >= 0.6 is 11.3 Å². The van der Waals surface area contributed by atoms with E-state index in [1.807, 2.05) is 21.7 Å². The third kappa shape index (κ3) is 4.09. The van der Waals surface area contributed by atoms with Gasteiger partial charge in [0.1, 0.15) is 6.10 Å². The predicted molar refractivity (Wildman–Crippen MR) is 114 cm³/mol. The van der Waals surface area contributed by atoms with Crippen molar-refractivity contribution < 1.29 is 14.3 Å². The summed E-state index contributed by atoms with van der Waals surface area (Å²) in [6, 6.07) is 4.20. The van der Waals surface area contributed by atoms with Crippen LogP contribution in [-0.2, 0) is 14.3 Å². The summed E-state index contributed by atoms with van der Waals surface area (Å²) in [5.41, 5.74) is 3.38. The zero-order valence-electron chi connectivity index (χ0n) is 17.3. The molecule has 0 N–H and O–H groups in total. The number of amides is 2. The summed E-state index contributed by atoms with van der Waals surface area (Å²) in [6.45, 7) is 7.41. The SMILES string of the molecule is Cc1ccc(C)c2sc(N(C)CC(=O)N3CCN(C(=O)C4CCCO4)CC3)nc12. The van der Waals surface area contributed by atoms with Crippen molar-refractivity contribution in [3.8, 4) is 0 Å². The monoisotopic (exact) mass is 416 g/mol. The molecular formula is C21H28N4O3S. The Kier molecular flexibility index (Phi) is 5.74. The number of rotatable bonds is 4. The van der Waals surface area contributed by atoms with Crippen LogP contribution in [0.15, 0.2) is 12.1 Å². The summed E-state index contributed by atoms with van der Waals surface area (Å²) in [5.74, 6) is 0.149. The largest absolute Gasteiger partial charge is 0.368 e. The lowest BCUT2D eigenvalue weighted by atomic mass is 10.1. The molecule has 0 spiro atoms. The zero-order chi connectivity index (χ0) is 20.5. The van der Waals surface area contributed by atoms with Gasteiger partial charge in [0.15, 0.2) is 5.13 Å². The van der Waals surface area contributed by atoms with Gasteiger partial charge in [-0.1, -0.05) is 23.5 Å². The molecule has 2 aromatic rings. The number of thiazole rings is 1. The van der Waals surface area contributed by atoms with Crippen LogP contribution in [0.5, 0.6) is 0 Å². The van der Waals surface area contributed by atoms with Crippen LogP contribution in [0.1, 0.15) is 24.0 Å². The molecule has 29 heavy (non-hydrogen) atoms. The highest BCUT2D eigenvalue weighted by Gasteiger charge is 2.31. The highest BCUT2D eigenvalue weighted by Crippen LogP contribution is 2.32. The average molecular weight is 417 g/mol. The lowest BCUT2D eigenvalue weighted by molar-refractivity contribution is -0.145. The zero-order valence-corrected chi connectivity index (χ0v) is 18.1. The van der Waals surface area contributed by atoms with E-state index in [-0.39, 0.29) is 24.5 Å². The van der Waals surface area contributed by atoms with E-state index in [0.29, 0.717) is 32.8 Å². The standard InChI is InChI=1S/C21H28N4O3S/c1-14-6-7-15(2)19-18(14)22-21(29-19)23(3)13-17(26)24-8-10-25(11-9-24)20(27)16-5-4-12-28-16/h6-7,16H,4-5,8-13H2,1-3H3. The normalized spacial score (nSPS) is 19.8. The Bertz CT molecular complexity index is 875. The second-order valence-corrected chi connectivity index (χ2v) is 8.91. The van der Waals surface area contributed by atoms with E-state index in [9.17, 15) is 9.59 Å². The van der Waals surface area contributed by atoms with Gasteiger partial charge in [-0.3, -0.25) is 9.59 Å². The Morgan fingerprint density at radius 3 is 2.52 bits per heavy atom. The Hall–Kier alpha value is -2.19. The van der Waals surface area contributed by atoms with Crippen LogP contribution in [0.25, 0.3) is 10.2 Å². The number of fused-ring (bicyclic) bond motifs is 1. The maximum absolute atomic E-state index is 12.8. The second kappa shape index (κ2) is 8.28. The van der Waals surface area contributed by atoms with E-state index in [1.54, 1.807) is 11.3 Å². The summed E-state index contributed by atoms with van der Waals surface area (Å²) in [6.07, 6.45) is 1.48. The maximum atomic E-state index is 12.8. The highest BCUT2D eigenvalue weighted by molar-refractivity contribution is 7.22. The molecular weight excluding hydrogens is 388 g/mol. The first-order chi connectivity index (χ1) is 13.9. The van der Waals surface area contributed by atoms with Gasteiger partial charge >= 0.3 is 0 Å². The van der Waals surface area contributed by atoms with Crippen LogP contribution in [0.3, 0.4) is 0 Å². The number of ether oxygens (including phenoxy) is 1. The molecule has 7 nitrogen and oxygen atoms in total. The second-order valence-electron chi connectivity index (χ2n) is 7.94. The van der Waals surface area contributed by atoms with Crippen LogP contribution < -0.4 is 4.90 Å². The Labute approximate surface area is 175 Å². The molecule has 0 radical (unpaired) electrons. The third-order valence-electron chi connectivity index (χ3n) is 5.78. The van der Waals surface area contributed by atoms with E-state index >= 15 is 0 Å². The molecule has 1 atom stereocenters. The summed E-state index contributed by atoms with van der Waals surface area (Å²) in [7, 11) is 1.91. The molecule has 0 bridgehead atoms. The topological polar surface area (TPSA) is 66.0 Å². The molecule has 8 heteroatoms. The first kappa shape index (κ1) is 20.1. The first-order valence-electron chi connectivity index (χ1n) is 10.2.